The normalized spacial score (nSPS) is 19.3. The van der Waals surface area contributed by atoms with Crippen LogP contribution >= 0.6 is 15.9 Å². The van der Waals surface area contributed by atoms with Gasteiger partial charge in [-0.3, -0.25) is 4.79 Å². The van der Waals surface area contributed by atoms with E-state index in [9.17, 15) is 18.0 Å². The van der Waals surface area contributed by atoms with E-state index in [1.165, 1.54) is 0 Å². The maximum Gasteiger partial charge on any atom is 0.417 e. The lowest BCUT2D eigenvalue weighted by Crippen LogP contribution is -2.50. The number of hydrogen-bond donors (Lipinski definition) is 1. The van der Waals surface area contributed by atoms with Crippen LogP contribution in [0.3, 0.4) is 0 Å². The second-order valence-electron chi connectivity index (χ2n) is 7.04. The molecule has 1 amide bonds. The Labute approximate surface area is 147 Å². The summed E-state index contributed by atoms with van der Waals surface area (Å²) in [5, 5.41) is 3.01. The van der Waals surface area contributed by atoms with Gasteiger partial charge in [0.05, 0.1) is 10.0 Å². The molecule has 0 saturated carbocycles. The molecule has 4 nitrogen and oxygen atoms in total. The van der Waals surface area contributed by atoms with Gasteiger partial charge >= 0.3 is 6.18 Å². The fourth-order valence-electron chi connectivity index (χ4n) is 2.51. The van der Waals surface area contributed by atoms with E-state index in [1.807, 2.05) is 25.7 Å². The zero-order chi connectivity index (χ0) is 18.1. The van der Waals surface area contributed by atoms with Crippen LogP contribution in [0.5, 0.6) is 0 Å². The highest BCUT2D eigenvalue weighted by molar-refractivity contribution is 9.10. The lowest BCUT2D eigenvalue weighted by molar-refractivity contribution is -0.137. The van der Waals surface area contributed by atoms with Crippen molar-refractivity contribution in [1.82, 2.24) is 10.3 Å². The molecule has 0 aromatic carbocycles. The van der Waals surface area contributed by atoms with Gasteiger partial charge in [-0.25, -0.2) is 4.98 Å². The van der Waals surface area contributed by atoms with Gasteiger partial charge in [-0.15, -0.1) is 0 Å². The highest BCUT2D eigenvalue weighted by Gasteiger charge is 2.33. The lowest BCUT2D eigenvalue weighted by Gasteiger charge is -2.35. The number of rotatable bonds is 2. The molecular formula is C16H21BrF3N3O. The number of amides is 1. The van der Waals surface area contributed by atoms with Crippen molar-refractivity contribution in [3.8, 4) is 0 Å². The first-order valence-corrected chi connectivity index (χ1v) is 8.56. The largest absolute Gasteiger partial charge is 0.417 e. The highest BCUT2D eigenvalue weighted by Crippen LogP contribution is 2.34. The number of aromatic nitrogens is 1. The van der Waals surface area contributed by atoms with Gasteiger partial charge in [-0.05, 0) is 34.8 Å². The van der Waals surface area contributed by atoms with Crippen molar-refractivity contribution in [1.29, 1.82) is 0 Å². The second kappa shape index (κ2) is 6.90. The van der Waals surface area contributed by atoms with E-state index < -0.39 is 17.2 Å². The van der Waals surface area contributed by atoms with Gasteiger partial charge in [0.25, 0.3) is 0 Å². The van der Waals surface area contributed by atoms with Crippen LogP contribution in [0.15, 0.2) is 16.7 Å². The van der Waals surface area contributed by atoms with E-state index in [1.54, 1.807) is 0 Å². The Bertz CT molecular complexity index is 614. The Balaban J connectivity index is 2.11. The van der Waals surface area contributed by atoms with Gasteiger partial charge in [-0.1, -0.05) is 20.8 Å². The van der Waals surface area contributed by atoms with Crippen molar-refractivity contribution in [2.75, 3.05) is 18.0 Å². The van der Waals surface area contributed by atoms with Crippen LogP contribution in [0, 0.1) is 5.41 Å². The summed E-state index contributed by atoms with van der Waals surface area (Å²) in [6, 6.07) is 1.00. The van der Waals surface area contributed by atoms with Crippen molar-refractivity contribution in [3.05, 3.63) is 22.3 Å². The maximum absolute atomic E-state index is 12.7. The SMILES string of the molecule is CC(C)(C)C(=O)NC1CCCN(c2ncc(C(F)(F)F)cc2Br)C1. The third kappa shape index (κ3) is 4.62. The number of nitrogens with zero attached hydrogens (tertiary/aromatic N) is 2. The van der Waals surface area contributed by atoms with E-state index in [0.29, 0.717) is 23.4 Å². The molecule has 1 N–H and O–H groups in total. The van der Waals surface area contributed by atoms with Crippen LogP contribution in [-0.2, 0) is 11.0 Å². The Kier molecular flexibility index (Phi) is 5.47. The van der Waals surface area contributed by atoms with Crippen molar-refractivity contribution < 1.29 is 18.0 Å². The van der Waals surface area contributed by atoms with Crippen molar-refractivity contribution in [2.24, 2.45) is 5.41 Å². The number of halogens is 4. The first-order chi connectivity index (χ1) is 11.0. The summed E-state index contributed by atoms with van der Waals surface area (Å²) in [4.78, 5) is 18.0. The first-order valence-electron chi connectivity index (χ1n) is 7.77. The minimum absolute atomic E-state index is 0.0335. The Hall–Kier alpha value is -1.31. The quantitative estimate of drug-likeness (QED) is 0.805. The van der Waals surface area contributed by atoms with Crippen LogP contribution in [0.25, 0.3) is 0 Å². The summed E-state index contributed by atoms with van der Waals surface area (Å²) >= 11 is 3.19. The molecule has 1 unspecified atom stereocenters. The third-order valence-electron chi connectivity index (χ3n) is 3.89. The Morgan fingerprint density at radius 3 is 2.58 bits per heavy atom. The average molecular weight is 408 g/mol. The van der Waals surface area contributed by atoms with Gasteiger partial charge in [0.2, 0.25) is 5.91 Å². The van der Waals surface area contributed by atoms with E-state index in [0.717, 1.165) is 25.1 Å². The molecule has 1 aromatic heterocycles. The van der Waals surface area contributed by atoms with E-state index >= 15 is 0 Å². The summed E-state index contributed by atoms with van der Waals surface area (Å²) in [6.07, 6.45) is -1.89. The Morgan fingerprint density at radius 2 is 2.04 bits per heavy atom. The molecule has 1 fully saturated rings. The fraction of sp³-hybridized carbons (Fsp3) is 0.625. The summed E-state index contributed by atoms with van der Waals surface area (Å²) < 4.78 is 38.5. The molecule has 134 valence electrons. The van der Waals surface area contributed by atoms with Crippen LogP contribution in [0.2, 0.25) is 0 Å². The number of piperidine rings is 1. The van der Waals surface area contributed by atoms with Crippen LogP contribution < -0.4 is 10.2 Å². The van der Waals surface area contributed by atoms with Crippen LogP contribution in [-0.4, -0.2) is 30.0 Å². The minimum atomic E-state index is -4.42. The van der Waals surface area contributed by atoms with Gasteiger partial charge in [0.15, 0.2) is 0 Å². The van der Waals surface area contributed by atoms with E-state index in [4.69, 9.17) is 0 Å². The third-order valence-corrected chi connectivity index (χ3v) is 4.47. The smallest absolute Gasteiger partial charge is 0.354 e. The summed E-state index contributed by atoms with van der Waals surface area (Å²) in [5.74, 6) is 0.437. The zero-order valence-electron chi connectivity index (χ0n) is 13.9. The topological polar surface area (TPSA) is 45.2 Å². The van der Waals surface area contributed by atoms with E-state index in [-0.39, 0.29) is 11.9 Å². The summed E-state index contributed by atoms with van der Waals surface area (Å²) in [7, 11) is 0. The maximum atomic E-state index is 12.7. The van der Waals surface area contributed by atoms with Gasteiger partial charge in [-0.2, -0.15) is 13.2 Å². The molecule has 0 bridgehead atoms. The predicted octanol–water partition coefficient (Wildman–Crippen LogP) is 3.99. The predicted molar refractivity (Wildman–Crippen MR) is 89.8 cm³/mol. The molecule has 0 spiro atoms. The van der Waals surface area contributed by atoms with Crippen molar-refractivity contribution in [3.63, 3.8) is 0 Å². The molecule has 1 aliphatic rings. The van der Waals surface area contributed by atoms with Gasteiger partial charge in [0.1, 0.15) is 5.82 Å². The standard InChI is InChI=1S/C16H21BrF3N3O/c1-15(2,3)14(24)22-11-5-4-6-23(9-11)13-12(17)7-10(8-21-13)16(18,19)20/h7-8,11H,4-6,9H2,1-3H3,(H,22,24). The van der Waals surface area contributed by atoms with Crippen LogP contribution in [0.4, 0.5) is 19.0 Å². The molecule has 1 aromatic rings. The molecule has 1 aliphatic heterocycles. The number of carbonyl (C=O) groups is 1. The second-order valence-corrected chi connectivity index (χ2v) is 7.89. The number of carbonyl (C=O) groups excluding carboxylic acids is 1. The van der Waals surface area contributed by atoms with Gasteiger partial charge in [0, 0.05) is 30.7 Å². The van der Waals surface area contributed by atoms with Crippen molar-refractivity contribution >= 4 is 27.7 Å². The van der Waals surface area contributed by atoms with E-state index in [2.05, 4.69) is 26.2 Å². The van der Waals surface area contributed by atoms with Crippen LogP contribution in [0.1, 0.15) is 39.2 Å². The number of pyridine rings is 1. The zero-order valence-corrected chi connectivity index (χ0v) is 15.5. The van der Waals surface area contributed by atoms with Crippen molar-refractivity contribution in [2.45, 2.75) is 45.8 Å². The molecule has 8 heteroatoms. The molecule has 2 heterocycles. The molecule has 0 aliphatic carbocycles. The first kappa shape index (κ1) is 19.0. The average Bonchev–Trinajstić information content (AvgIpc) is 2.45. The molecule has 0 radical (unpaired) electrons. The minimum Gasteiger partial charge on any atom is -0.354 e. The fourth-order valence-corrected chi connectivity index (χ4v) is 3.11. The number of hydrogen-bond acceptors (Lipinski definition) is 3. The summed E-state index contributed by atoms with van der Waals surface area (Å²) in [5.41, 5.74) is -1.26. The monoisotopic (exact) mass is 407 g/mol. The lowest BCUT2D eigenvalue weighted by atomic mass is 9.94. The molecule has 1 atom stereocenters. The Morgan fingerprint density at radius 1 is 1.38 bits per heavy atom. The summed E-state index contributed by atoms with van der Waals surface area (Å²) in [6.45, 7) is 6.75. The molecular weight excluding hydrogens is 387 g/mol. The highest BCUT2D eigenvalue weighted by atomic mass is 79.9. The number of nitrogens with one attached hydrogen (secondary N) is 1. The molecule has 2 rings (SSSR count). The number of alkyl halides is 3. The van der Waals surface area contributed by atoms with Gasteiger partial charge < -0.3 is 10.2 Å². The number of anilines is 1. The molecule has 24 heavy (non-hydrogen) atoms. The molecule has 1 saturated heterocycles.